The van der Waals surface area contributed by atoms with Gasteiger partial charge in [0.25, 0.3) is 0 Å². The van der Waals surface area contributed by atoms with Gasteiger partial charge in [-0.1, -0.05) is 6.92 Å². The van der Waals surface area contributed by atoms with Crippen LogP contribution >= 0.6 is 0 Å². The molecule has 12 heavy (non-hydrogen) atoms. The van der Waals surface area contributed by atoms with Crippen molar-refractivity contribution in [2.45, 2.75) is 19.4 Å². The fourth-order valence-electron chi connectivity index (χ4n) is 1.85. The third-order valence-corrected chi connectivity index (χ3v) is 2.60. The Morgan fingerprint density at radius 2 is 2.17 bits per heavy atom. The fourth-order valence-corrected chi connectivity index (χ4v) is 1.85. The van der Waals surface area contributed by atoms with Crippen LogP contribution in [-0.4, -0.2) is 11.5 Å². The largest absolute Gasteiger partial charge is 0.310 e. The van der Waals surface area contributed by atoms with Gasteiger partial charge in [0.15, 0.2) is 0 Å². The number of aromatic nitrogens is 1. The topological polar surface area (TPSA) is 24.9 Å². The second kappa shape index (κ2) is 3.23. The van der Waals surface area contributed by atoms with E-state index in [1.807, 2.05) is 12.4 Å². The predicted octanol–water partition coefficient (Wildman–Crippen LogP) is 1.75. The molecule has 2 nitrogen and oxygen atoms in total. The van der Waals surface area contributed by atoms with Gasteiger partial charge < -0.3 is 5.32 Å². The zero-order valence-electron chi connectivity index (χ0n) is 7.33. The summed E-state index contributed by atoms with van der Waals surface area (Å²) in [5, 5.41) is 3.49. The Morgan fingerprint density at radius 3 is 2.75 bits per heavy atom. The molecule has 0 aliphatic carbocycles. The average Bonchev–Trinajstić information content (AvgIpc) is 2.53. The SMILES string of the molecule is C[C@@H]1CCN[C@H]1c1ccncc1. The fraction of sp³-hybridized carbons (Fsp3) is 0.500. The van der Waals surface area contributed by atoms with Crippen molar-refractivity contribution in [3.63, 3.8) is 0 Å². The van der Waals surface area contributed by atoms with E-state index in [0.717, 1.165) is 12.5 Å². The van der Waals surface area contributed by atoms with E-state index in [4.69, 9.17) is 0 Å². The van der Waals surface area contributed by atoms with Crippen molar-refractivity contribution in [2.75, 3.05) is 6.54 Å². The molecule has 1 aliphatic rings. The van der Waals surface area contributed by atoms with Crippen molar-refractivity contribution in [3.8, 4) is 0 Å². The number of nitrogens with zero attached hydrogens (tertiary/aromatic N) is 1. The first-order valence-electron chi connectivity index (χ1n) is 4.51. The maximum atomic E-state index is 4.01. The van der Waals surface area contributed by atoms with Crippen molar-refractivity contribution in [3.05, 3.63) is 30.1 Å². The monoisotopic (exact) mass is 162 g/mol. The normalized spacial score (nSPS) is 29.1. The molecule has 2 heterocycles. The van der Waals surface area contributed by atoms with Crippen LogP contribution < -0.4 is 5.32 Å². The first-order valence-corrected chi connectivity index (χ1v) is 4.51. The van der Waals surface area contributed by atoms with Crippen LogP contribution in [-0.2, 0) is 0 Å². The Hall–Kier alpha value is -0.890. The summed E-state index contributed by atoms with van der Waals surface area (Å²) in [4.78, 5) is 4.01. The summed E-state index contributed by atoms with van der Waals surface area (Å²) < 4.78 is 0. The highest BCUT2D eigenvalue weighted by Gasteiger charge is 2.23. The third-order valence-electron chi connectivity index (χ3n) is 2.60. The number of hydrogen-bond acceptors (Lipinski definition) is 2. The molecule has 1 aliphatic heterocycles. The number of rotatable bonds is 1. The van der Waals surface area contributed by atoms with Crippen molar-refractivity contribution >= 4 is 0 Å². The molecule has 64 valence electrons. The zero-order chi connectivity index (χ0) is 8.39. The van der Waals surface area contributed by atoms with Crippen molar-refractivity contribution in [2.24, 2.45) is 5.92 Å². The summed E-state index contributed by atoms with van der Waals surface area (Å²) >= 11 is 0. The smallest absolute Gasteiger partial charge is 0.0347 e. The number of hydrogen-bond donors (Lipinski definition) is 1. The van der Waals surface area contributed by atoms with Crippen LogP contribution in [0.1, 0.15) is 24.9 Å². The molecule has 0 saturated carbocycles. The minimum atomic E-state index is 0.549. The van der Waals surface area contributed by atoms with E-state index in [0.29, 0.717) is 6.04 Å². The van der Waals surface area contributed by atoms with E-state index in [9.17, 15) is 0 Å². The summed E-state index contributed by atoms with van der Waals surface area (Å²) in [6.45, 7) is 3.44. The molecule has 2 rings (SSSR count). The molecule has 2 heteroatoms. The minimum absolute atomic E-state index is 0.549. The van der Waals surface area contributed by atoms with Crippen LogP contribution in [0.25, 0.3) is 0 Å². The Balaban J connectivity index is 2.19. The summed E-state index contributed by atoms with van der Waals surface area (Å²) in [6, 6.07) is 4.74. The van der Waals surface area contributed by atoms with E-state index < -0.39 is 0 Å². The van der Waals surface area contributed by atoms with E-state index in [1.54, 1.807) is 0 Å². The van der Waals surface area contributed by atoms with Crippen molar-refractivity contribution < 1.29 is 0 Å². The zero-order valence-corrected chi connectivity index (χ0v) is 7.33. The summed E-state index contributed by atoms with van der Waals surface area (Å²) in [5.74, 6) is 0.757. The van der Waals surface area contributed by atoms with Gasteiger partial charge in [-0.05, 0) is 36.6 Å². The standard InChI is InChI=1S/C10H14N2/c1-8-2-7-12-10(8)9-3-5-11-6-4-9/h3-6,8,10,12H,2,7H2,1H3/t8-,10-/m1/s1. The minimum Gasteiger partial charge on any atom is -0.310 e. The molecular formula is C10H14N2. The second-order valence-corrected chi connectivity index (χ2v) is 3.48. The molecule has 0 aromatic carbocycles. The Kier molecular flexibility index (Phi) is 2.09. The lowest BCUT2D eigenvalue weighted by Gasteiger charge is -2.15. The summed E-state index contributed by atoms with van der Waals surface area (Å²) in [6.07, 6.45) is 5.01. The van der Waals surface area contributed by atoms with E-state index in [2.05, 4.69) is 29.4 Å². The van der Waals surface area contributed by atoms with Gasteiger partial charge >= 0.3 is 0 Å². The van der Waals surface area contributed by atoms with Crippen molar-refractivity contribution in [1.82, 2.24) is 10.3 Å². The highest BCUT2D eigenvalue weighted by atomic mass is 14.9. The molecule has 0 spiro atoms. The van der Waals surface area contributed by atoms with E-state index >= 15 is 0 Å². The molecule has 2 atom stereocenters. The predicted molar refractivity (Wildman–Crippen MR) is 48.8 cm³/mol. The van der Waals surface area contributed by atoms with Crippen LogP contribution in [0.15, 0.2) is 24.5 Å². The number of nitrogens with one attached hydrogen (secondary N) is 1. The van der Waals surface area contributed by atoms with Gasteiger partial charge in [-0.15, -0.1) is 0 Å². The molecule has 1 saturated heterocycles. The van der Waals surface area contributed by atoms with Gasteiger partial charge in [0.05, 0.1) is 0 Å². The molecule has 1 fully saturated rings. The van der Waals surface area contributed by atoms with E-state index in [-0.39, 0.29) is 0 Å². The summed E-state index contributed by atoms with van der Waals surface area (Å²) in [5.41, 5.74) is 1.37. The maximum Gasteiger partial charge on any atom is 0.0347 e. The molecule has 0 radical (unpaired) electrons. The van der Waals surface area contributed by atoms with Crippen LogP contribution in [0.2, 0.25) is 0 Å². The molecule has 0 bridgehead atoms. The molecule has 1 aromatic rings. The highest BCUT2D eigenvalue weighted by molar-refractivity contribution is 5.16. The van der Waals surface area contributed by atoms with Gasteiger partial charge in [0, 0.05) is 18.4 Å². The van der Waals surface area contributed by atoms with Gasteiger partial charge in [-0.3, -0.25) is 4.98 Å². The average molecular weight is 162 g/mol. The summed E-state index contributed by atoms with van der Waals surface area (Å²) in [7, 11) is 0. The number of pyridine rings is 1. The van der Waals surface area contributed by atoms with Gasteiger partial charge in [-0.25, -0.2) is 0 Å². The van der Waals surface area contributed by atoms with Crippen LogP contribution in [0.3, 0.4) is 0 Å². The lowest BCUT2D eigenvalue weighted by molar-refractivity contribution is 0.503. The molecule has 0 amide bonds. The van der Waals surface area contributed by atoms with Crippen LogP contribution in [0.4, 0.5) is 0 Å². The van der Waals surface area contributed by atoms with Crippen LogP contribution in [0.5, 0.6) is 0 Å². The first kappa shape index (κ1) is 7.74. The van der Waals surface area contributed by atoms with Crippen molar-refractivity contribution in [1.29, 1.82) is 0 Å². The van der Waals surface area contributed by atoms with E-state index in [1.165, 1.54) is 12.0 Å². The quantitative estimate of drug-likeness (QED) is 0.680. The molecule has 1 N–H and O–H groups in total. The Morgan fingerprint density at radius 1 is 1.42 bits per heavy atom. The molecular weight excluding hydrogens is 148 g/mol. The van der Waals surface area contributed by atoms with Gasteiger partial charge in [0.2, 0.25) is 0 Å². The highest BCUT2D eigenvalue weighted by Crippen LogP contribution is 2.27. The first-order chi connectivity index (χ1) is 5.88. The van der Waals surface area contributed by atoms with Crippen LogP contribution in [0, 0.1) is 5.92 Å². The lowest BCUT2D eigenvalue weighted by atomic mass is 9.97. The Bertz CT molecular complexity index is 245. The maximum absolute atomic E-state index is 4.01. The third kappa shape index (κ3) is 1.34. The lowest BCUT2D eigenvalue weighted by Crippen LogP contribution is -2.16. The van der Waals surface area contributed by atoms with Gasteiger partial charge in [0.1, 0.15) is 0 Å². The second-order valence-electron chi connectivity index (χ2n) is 3.48. The molecule has 0 unspecified atom stereocenters. The molecule has 1 aromatic heterocycles. The Labute approximate surface area is 73.0 Å². The van der Waals surface area contributed by atoms with Gasteiger partial charge in [-0.2, -0.15) is 0 Å².